The van der Waals surface area contributed by atoms with Crippen molar-refractivity contribution in [2.24, 2.45) is 71.0 Å². The number of allylic oxidation sites excluding steroid dienone is 2. The van der Waals surface area contributed by atoms with Gasteiger partial charge in [-0.1, -0.05) is 12.2 Å². The highest BCUT2D eigenvalue weighted by molar-refractivity contribution is 5.97. The average Bonchev–Trinajstić information content (AvgIpc) is 2.83. The molecule has 0 amide bonds. The van der Waals surface area contributed by atoms with Crippen LogP contribution in [0.25, 0.3) is 0 Å². The van der Waals surface area contributed by atoms with Gasteiger partial charge in [-0.15, -0.1) is 0 Å². The molecule has 9 aliphatic carbocycles. The smallest absolute Gasteiger partial charge is 0.317 e. The fourth-order valence-electron chi connectivity index (χ4n) is 8.91. The van der Waals surface area contributed by atoms with Gasteiger partial charge in [-0.05, 0) is 72.0 Å². The fourth-order valence-corrected chi connectivity index (χ4v) is 8.91. The van der Waals surface area contributed by atoms with Gasteiger partial charge in [0.1, 0.15) is 0 Å². The van der Waals surface area contributed by atoms with Crippen molar-refractivity contribution in [3.05, 3.63) is 12.2 Å². The molecule has 1 saturated heterocycles. The van der Waals surface area contributed by atoms with Crippen LogP contribution >= 0.6 is 0 Å². The van der Waals surface area contributed by atoms with E-state index in [4.69, 9.17) is 4.74 Å². The quantitative estimate of drug-likeness (QED) is 0.387. The van der Waals surface area contributed by atoms with Gasteiger partial charge < -0.3 is 4.74 Å². The molecule has 0 radical (unpaired) electrons. The van der Waals surface area contributed by atoms with Gasteiger partial charge >= 0.3 is 11.9 Å². The van der Waals surface area contributed by atoms with Gasteiger partial charge in [-0.3, -0.25) is 9.59 Å². The van der Waals surface area contributed by atoms with Crippen LogP contribution in [0.1, 0.15) is 12.8 Å². The van der Waals surface area contributed by atoms with E-state index in [2.05, 4.69) is 12.2 Å². The number of hydrogen-bond acceptors (Lipinski definition) is 3. The maximum absolute atomic E-state index is 12.3. The van der Waals surface area contributed by atoms with E-state index in [9.17, 15) is 9.59 Å². The highest BCUT2D eigenvalue weighted by Crippen LogP contribution is 2.79. The fraction of sp³-hybridized carbons (Fsp3) is 0.778. The van der Waals surface area contributed by atoms with Gasteiger partial charge in [-0.2, -0.15) is 0 Å². The van der Waals surface area contributed by atoms with E-state index in [1.165, 1.54) is 12.8 Å². The number of ether oxygens (including phenoxy) is 1. The SMILES string of the molecule is O=C1OC(=O)[C@H]2[C@@H]1[C@@H]1C3CC4C5CC3[C@H]2[C@@H]2[C@H]1[C@H]4C=C[C@H]52. The number of esters is 2. The second kappa shape index (κ2) is 2.87. The lowest BCUT2D eigenvalue weighted by molar-refractivity contribution is -0.277. The van der Waals surface area contributed by atoms with E-state index in [1.54, 1.807) is 0 Å². The van der Waals surface area contributed by atoms with E-state index in [0.717, 1.165) is 23.7 Å². The molecule has 21 heavy (non-hydrogen) atoms. The molecule has 10 rings (SSSR count). The van der Waals surface area contributed by atoms with E-state index in [-0.39, 0.29) is 23.8 Å². The molecule has 108 valence electrons. The molecule has 7 saturated carbocycles. The average molecular weight is 282 g/mol. The monoisotopic (exact) mass is 282 g/mol. The Morgan fingerprint density at radius 3 is 1.67 bits per heavy atom. The standard InChI is InChI=1S/C18H18O3/c19-17-15-13-9-3-7-5-1-2-6-8(7)4-10(9)14(12(6)11(5)13)16(15)18(20)21-17/h1-2,5-16H,3-4H2/t5-,6+,7?,8?,9?,10?,11+,12-,13+,14-,15-,16+. The van der Waals surface area contributed by atoms with Crippen LogP contribution in [0.5, 0.6) is 0 Å². The summed E-state index contributed by atoms with van der Waals surface area (Å²) in [5.74, 6) is 6.46. The molecule has 10 bridgehead atoms. The molecule has 0 N–H and O–H groups in total. The Kier molecular flexibility index (Phi) is 1.44. The van der Waals surface area contributed by atoms with E-state index >= 15 is 0 Å². The van der Waals surface area contributed by atoms with Crippen LogP contribution < -0.4 is 0 Å². The molecule has 12 atom stereocenters. The zero-order chi connectivity index (χ0) is 13.6. The summed E-state index contributed by atoms with van der Waals surface area (Å²) in [6.07, 6.45) is 7.63. The third-order valence-electron chi connectivity index (χ3n) is 8.91. The molecular weight excluding hydrogens is 264 g/mol. The molecule has 8 fully saturated rings. The maximum Gasteiger partial charge on any atom is 0.317 e. The maximum atomic E-state index is 12.3. The molecule has 3 nitrogen and oxygen atoms in total. The Morgan fingerprint density at radius 1 is 0.714 bits per heavy atom. The first kappa shape index (κ1) is 10.6. The summed E-state index contributed by atoms with van der Waals surface area (Å²) in [4.78, 5) is 24.6. The van der Waals surface area contributed by atoms with E-state index < -0.39 is 0 Å². The topological polar surface area (TPSA) is 43.4 Å². The van der Waals surface area contributed by atoms with Gasteiger partial charge in [0.2, 0.25) is 0 Å². The van der Waals surface area contributed by atoms with Crippen LogP contribution in [0.2, 0.25) is 0 Å². The summed E-state index contributed by atoms with van der Waals surface area (Å²) >= 11 is 0. The van der Waals surface area contributed by atoms with Gasteiger partial charge in [0.25, 0.3) is 0 Å². The summed E-state index contributed by atoms with van der Waals surface area (Å²) in [5, 5.41) is 0. The predicted octanol–water partition coefficient (Wildman–Crippen LogP) is 1.88. The number of cyclic esters (lactones) is 2. The number of carbonyl (C=O) groups excluding carboxylic acids is 2. The molecular formula is C18H18O3. The van der Waals surface area contributed by atoms with E-state index in [0.29, 0.717) is 35.5 Å². The van der Waals surface area contributed by atoms with Gasteiger partial charge in [0, 0.05) is 0 Å². The molecule has 0 aromatic carbocycles. The summed E-state index contributed by atoms with van der Waals surface area (Å²) in [6.45, 7) is 0. The molecule has 0 aromatic rings. The largest absolute Gasteiger partial charge is 0.393 e. The molecule has 1 aliphatic heterocycles. The van der Waals surface area contributed by atoms with Crippen LogP contribution in [-0.4, -0.2) is 11.9 Å². The van der Waals surface area contributed by atoms with Crippen molar-refractivity contribution in [3.8, 4) is 0 Å². The zero-order valence-corrected chi connectivity index (χ0v) is 11.7. The molecule has 4 unspecified atom stereocenters. The lowest BCUT2D eigenvalue weighted by Crippen LogP contribution is -2.74. The zero-order valence-electron chi connectivity index (χ0n) is 11.7. The van der Waals surface area contributed by atoms with Crippen LogP contribution in [-0.2, 0) is 14.3 Å². The highest BCUT2D eigenvalue weighted by atomic mass is 16.6. The second-order valence-electron chi connectivity index (χ2n) is 8.77. The Balaban J connectivity index is 1.53. The first-order valence-electron chi connectivity index (χ1n) is 8.69. The number of rotatable bonds is 0. The lowest BCUT2D eigenvalue weighted by atomic mass is 9.27. The summed E-state index contributed by atoms with van der Waals surface area (Å²) in [5.41, 5.74) is 0. The third-order valence-corrected chi connectivity index (χ3v) is 8.91. The van der Waals surface area contributed by atoms with Crippen molar-refractivity contribution in [1.29, 1.82) is 0 Å². The van der Waals surface area contributed by atoms with Crippen molar-refractivity contribution in [1.82, 2.24) is 0 Å². The van der Waals surface area contributed by atoms with Crippen molar-refractivity contribution in [2.75, 3.05) is 0 Å². The second-order valence-corrected chi connectivity index (χ2v) is 8.77. The molecule has 0 spiro atoms. The molecule has 1 heterocycles. The van der Waals surface area contributed by atoms with Gasteiger partial charge in [0.15, 0.2) is 0 Å². The van der Waals surface area contributed by atoms with Gasteiger partial charge in [0.05, 0.1) is 11.8 Å². The molecule has 10 aliphatic rings. The van der Waals surface area contributed by atoms with Crippen LogP contribution in [0.3, 0.4) is 0 Å². The molecule has 0 aromatic heterocycles. The predicted molar refractivity (Wildman–Crippen MR) is 71.4 cm³/mol. The summed E-state index contributed by atoms with van der Waals surface area (Å²) < 4.78 is 5.12. The minimum absolute atomic E-state index is 0.0738. The lowest BCUT2D eigenvalue weighted by Gasteiger charge is -2.76. The highest BCUT2D eigenvalue weighted by Gasteiger charge is 2.77. The summed E-state index contributed by atoms with van der Waals surface area (Å²) in [7, 11) is 0. The molecule has 3 heteroatoms. The van der Waals surface area contributed by atoms with Crippen molar-refractivity contribution < 1.29 is 14.3 Å². The van der Waals surface area contributed by atoms with Crippen LogP contribution in [0.15, 0.2) is 12.2 Å². The minimum Gasteiger partial charge on any atom is -0.393 e. The number of carbonyl (C=O) groups is 2. The Hall–Kier alpha value is -1.12. The summed E-state index contributed by atoms with van der Waals surface area (Å²) in [6, 6.07) is 0. The number of hydrogen-bond donors (Lipinski definition) is 0. The van der Waals surface area contributed by atoms with Crippen molar-refractivity contribution in [2.45, 2.75) is 12.8 Å². The Morgan fingerprint density at radius 2 is 1.19 bits per heavy atom. The Labute approximate surface area is 123 Å². The first-order chi connectivity index (χ1) is 10.3. The van der Waals surface area contributed by atoms with Gasteiger partial charge in [-0.25, -0.2) is 0 Å². The van der Waals surface area contributed by atoms with Crippen molar-refractivity contribution >= 4 is 11.9 Å². The minimum atomic E-state index is -0.178. The Bertz CT molecular complexity index is 597. The third kappa shape index (κ3) is 0.843. The van der Waals surface area contributed by atoms with Crippen molar-refractivity contribution in [3.63, 3.8) is 0 Å². The van der Waals surface area contributed by atoms with E-state index in [1.807, 2.05) is 0 Å². The first-order valence-corrected chi connectivity index (χ1v) is 8.69. The normalized spacial score (nSPS) is 69.9. The van der Waals surface area contributed by atoms with Crippen LogP contribution in [0.4, 0.5) is 0 Å². The van der Waals surface area contributed by atoms with Crippen LogP contribution in [0, 0.1) is 71.0 Å².